The van der Waals surface area contributed by atoms with Crippen molar-refractivity contribution in [3.05, 3.63) is 29.6 Å². The van der Waals surface area contributed by atoms with Gasteiger partial charge in [0, 0.05) is 12.2 Å². The van der Waals surface area contributed by atoms with Gasteiger partial charge in [-0.15, -0.1) is 11.6 Å². The Morgan fingerprint density at radius 3 is 2.88 bits per heavy atom. The highest BCUT2D eigenvalue weighted by molar-refractivity contribution is 6.18. The predicted molar refractivity (Wildman–Crippen MR) is 60.9 cm³/mol. The van der Waals surface area contributed by atoms with Gasteiger partial charge in [0.25, 0.3) is 0 Å². The molecular weight excluding hydrogens is 231 g/mol. The van der Waals surface area contributed by atoms with Crippen molar-refractivity contribution in [1.82, 2.24) is 0 Å². The van der Waals surface area contributed by atoms with Crippen LogP contribution in [-0.4, -0.2) is 23.6 Å². The molecule has 5 heteroatoms. The van der Waals surface area contributed by atoms with Gasteiger partial charge in [0.05, 0.1) is 24.5 Å². The van der Waals surface area contributed by atoms with Gasteiger partial charge in [-0.3, -0.25) is 0 Å². The van der Waals surface area contributed by atoms with Crippen LogP contribution in [0, 0.1) is 17.1 Å². The zero-order valence-electron chi connectivity index (χ0n) is 8.58. The highest BCUT2D eigenvalue weighted by atomic mass is 35.5. The number of hydrogen-bond donors (Lipinski definition) is 2. The van der Waals surface area contributed by atoms with Gasteiger partial charge in [-0.1, -0.05) is 0 Å². The normalized spacial score (nSPS) is 11.9. The van der Waals surface area contributed by atoms with Crippen molar-refractivity contribution in [3.63, 3.8) is 0 Å². The fraction of sp³-hybridized carbons (Fsp3) is 0.364. The molecule has 0 heterocycles. The zero-order valence-corrected chi connectivity index (χ0v) is 9.34. The van der Waals surface area contributed by atoms with E-state index in [1.165, 1.54) is 12.1 Å². The molecule has 0 saturated heterocycles. The van der Waals surface area contributed by atoms with E-state index in [4.69, 9.17) is 16.9 Å². The number of nitriles is 1. The first-order valence-corrected chi connectivity index (χ1v) is 5.33. The number of hydrogen-bond acceptors (Lipinski definition) is 3. The number of anilines is 1. The Morgan fingerprint density at radius 1 is 1.50 bits per heavy atom. The Bertz CT molecular complexity index is 392. The minimum Gasteiger partial charge on any atom is -0.390 e. The molecule has 3 nitrogen and oxygen atoms in total. The summed E-state index contributed by atoms with van der Waals surface area (Å²) in [5.41, 5.74) is 1.14. The predicted octanol–water partition coefficient (Wildman–Crippen LogP) is 1.90. The van der Waals surface area contributed by atoms with Crippen LogP contribution in [0.25, 0.3) is 0 Å². The molecule has 0 aliphatic heterocycles. The van der Waals surface area contributed by atoms with Gasteiger partial charge in [0.15, 0.2) is 0 Å². The molecule has 0 fully saturated rings. The third-order valence-electron chi connectivity index (χ3n) is 1.96. The molecule has 1 aromatic rings. The monoisotopic (exact) mass is 242 g/mol. The molecule has 0 spiro atoms. The lowest BCUT2D eigenvalue weighted by Gasteiger charge is -2.10. The maximum Gasteiger partial charge on any atom is 0.125 e. The Balaban J connectivity index is 2.69. The SMILES string of the molecule is N#CCc1cc(F)cc(NCC(O)CCl)c1. The van der Waals surface area contributed by atoms with Crippen LogP contribution in [0.15, 0.2) is 18.2 Å². The van der Waals surface area contributed by atoms with E-state index < -0.39 is 11.9 Å². The number of rotatable bonds is 5. The quantitative estimate of drug-likeness (QED) is 0.776. The van der Waals surface area contributed by atoms with E-state index in [2.05, 4.69) is 5.32 Å². The Morgan fingerprint density at radius 2 is 2.25 bits per heavy atom. The molecule has 1 unspecified atom stereocenters. The molecule has 1 aromatic carbocycles. The van der Waals surface area contributed by atoms with Gasteiger partial charge in [-0.25, -0.2) is 4.39 Å². The molecule has 0 aliphatic rings. The minimum absolute atomic E-state index is 0.118. The summed E-state index contributed by atoms with van der Waals surface area (Å²) in [5, 5.41) is 20.6. The summed E-state index contributed by atoms with van der Waals surface area (Å²) < 4.78 is 13.1. The van der Waals surface area contributed by atoms with E-state index in [1.54, 1.807) is 6.07 Å². The maximum absolute atomic E-state index is 13.1. The molecule has 86 valence electrons. The molecule has 0 aliphatic carbocycles. The van der Waals surface area contributed by atoms with Crippen LogP contribution in [0.1, 0.15) is 5.56 Å². The summed E-state index contributed by atoms with van der Waals surface area (Å²) in [6, 6.07) is 6.24. The topological polar surface area (TPSA) is 56.0 Å². The number of nitrogens with zero attached hydrogens (tertiary/aromatic N) is 1. The fourth-order valence-electron chi connectivity index (χ4n) is 1.24. The highest BCUT2D eigenvalue weighted by Gasteiger charge is 2.04. The van der Waals surface area contributed by atoms with Crippen molar-refractivity contribution in [2.75, 3.05) is 17.7 Å². The van der Waals surface area contributed by atoms with Gasteiger partial charge in [-0.2, -0.15) is 5.26 Å². The first-order valence-electron chi connectivity index (χ1n) is 4.80. The van der Waals surface area contributed by atoms with Gasteiger partial charge >= 0.3 is 0 Å². The van der Waals surface area contributed by atoms with E-state index in [-0.39, 0.29) is 18.8 Å². The molecule has 1 rings (SSSR count). The summed E-state index contributed by atoms with van der Waals surface area (Å²) in [6.07, 6.45) is -0.519. The maximum atomic E-state index is 13.1. The molecule has 0 radical (unpaired) electrons. The number of aliphatic hydroxyl groups is 1. The summed E-state index contributed by atoms with van der Waals surface area (Å²) >= 11 is 5.42. The van der Waals surface area contributed by atoms with Crippen LogP contribution in [0.4, 0.5) is 10.1 Å². The molecule has 16 heavy (non-hydrogen) atoms. The van der Waals surface area contributed by atoms with Crippen LogP contribution in [0.3, 0.4) is 0 Å². The lowest BCUT2D eigenvalue weighted by atomic mass is 10.1. The summed E-state index contributed by atoms with van der Waals surface area (Å²) in [4.78, 5) is 0. The van der Waals surface area contributed by atoms with Gasteiger partial charge < -0.3 is 10.4 Å². The van der Waals surface area contributed by atoms with Crippen molar-refractivity contribution in [2.45, 2.75) is 12.5 Å². The number of alkyl halides is 1. The van der Waals surface area contributed by atoms with Gasteiger partial charge in [-0.05, 0) is 23.8 Å². The Labute approximate surface area is 98.5 Å². The average Bonchev–Trinajstić information content (AvgIpc) is 2.25. The van der Waals surface area contributed by atoms with Crippen molar-refractivity contribution < 1.29 is 9.50 Å². The van der Waals surface area contributed by atoms with E-state index in [1.807, 2.05) is 6.07 Å². The lowest BCUT2D eigenvalue weighted by molar-refractivity contribution is 0.211. The molecule has 0 aromatic heterocycles. The van der Waals surface area contributed by atoms with Crippen molar-refractivity contribution in [2.24, 2.45) is 0 Å². The summed E-state index contributed by atoms with van der Waals surface area (Å²) in [5.74, 6) is -0.288. The zero-order chi connectivity index (χ0) is 12.0. The van der Waals surface area contributed by atoms with Crippen LogP contribution in [0.2, 0.25) is 0 Å². The smallest absolute Gasteiger partial charge is 0.125 e. The van der Waals surface area contributed by atoms with Gasteiger partial charge in [0.1, 0.15) is 5.82 Å². The largest absolute Gasteiger partial charge is 0.390 e. The van der Waals surface area contributed by atoms with E-state index >= 15 is 0 Å². The van der Waals surface area contributed by atoms with Crippen LogP contribution < -0.4 is 5.32 Å². The Kier molecular flexibility index (Phi) is 5.03. The Hall–Kier alpha value is -1.31. The molecular formula is C11H12ClFN2O. The van der Waals surface area contributed by atoms with Gasteiger partial charge in [0.2, 0.25) is 0 Å². The third kappa shape index (κ3) is 4.05. The average molecular weight is 243 g/mol. The highest BCUT2D eigenvalue weighted by Crippen LogP contribution is 2.14. The van der Waals surface area contributed by atoms with Crippen LogP contribution >= 0.6 is 11.6 Å². The second-order valence-corrected chi connectivity index (χ2v) is 3.68. The molecule has 1 atom stereocenters. The van der Waals surface area contributed by atoms with E-state index in [0.29, 0.717) is 11.3 Å². The second kappa shape index (κ2) is 6.31. The van der Waals surface area contributed by atoms with Crippen molar-refractivity contribution in [1.29, 1.82) is 5.26 Å². The number of benzene rings is 1. The van der Waals surface area contributed by atoms with Crippen molar-refractivity contribution in [3.8, 4) is 6.07 Å². The standard InChI is InChI=1S/C11H12ClFN2O/c12-6-11(16)7-15-10-4-8(1-2-14)3-9(13)5-10/h3-5,11,15-16H,1,6-7H2. The van der Waals surface area contributed by atoms with Crippen LogP contribution in [-0.2, 0) is 6.42 Å². The molecule has 0 bridgehead atoms. The van der Waals surface area contributed by atoms with E-state index in [0.717, 1.165) is 0 Å². The number of nitrogens with one attached hydrogen (secondary N) is 1. The molecule has 0 saturated carbocycles. The van der Waals surface area contributed by atoms with E-state index in [9.17, 15) is 9.50 Å². The van der Waals surface area contributed by atoms with Crippen LogP contribution in [0.5, 0.6) is 0 Å². The van der Waals surface area contributed by atoms with Crippen molar-refractivity contribution >= 4 is 17.3 Å². The lowest BCUT2D eigenvalue weighted by Crippen LogP contribution is -2.20. The molecule has 0 amide bonds. The fourth-order valence-corrected chi connectivity index (χ4v) is 1.35. The minimum atomic E-state index is -0.677. The summed E-state index contributed by atoms with van der Waals surface area (Å²) in [7, 11) is 0. The first-order chi connectivity index (χ1) is 7.65. The second-order valence-electron chi connectivity index (χ2n) is 3.37. The number of aliphatic hydroxyl groups excluding tert-OH is 1. The first kappa shape index (κ1) is 12.8. The summed E-state index contributed by atoms with van der Waals surface area (Å²) in [6.45, 7) is 0.249. The molecule has 2 N–H and O–H groups in total. The number of halogens is 2. The third-order valence-corrected chi connectivity index (χ3v) is 2.32.